The summed E-state index contributed by atoms with van der Waals surface area (Å²) in [6.07, 6.45) is 0. The molecule has 1 aliphatic heterocycles. The smallest absolute Gasteiger partial charge is 0.0637 e. The molecule has 1 saturated heterocycles. The van der Waals surface area contributed by atoms with E-state index in [2.05, 4.69) is 42.7 Å². The fourth-order valence-electron chi connectivity index (χ4n) is 2.07. The maximum absolute atomic E-state index is 5.42. The second kappa shape index (κ2) is 5.32. The lowest BCUT2D eigenvalue weighted by Gasteiger charge is -2.24. The summed E-state index contributed by atoms with van der Waals surface area (Å²) >= 11 is 0. The second-order valence-electron chi connectivity index (χ2n) is 4.48. The largest absolute Gasteiger partial charge is 0.383 e. The first kappa shape index (κ1) is 11.4. The van der Waals surface area contributed by atoms with Crippen LogP contribution < -0.4 is 10.6 Å². The Kier molecular flexibility index (Phi) is 3.80. The maximum atomic E-state index is 5.42. The fraction of sp³-hybridized carbons (Fsp3) is 0.538. The van der Waals surface area contributed by atoms with Crippen LogP contribution in [0.4, 0.5) is 5.69 Å². The summed E-state index contributed by atoms with van der Waals surface area (Å²) in [6.45, 7) is 7.76. The normalized spacial score (nSPS) is 20.8. The Balaban J connectivity index is 1.88. The van der Waals surface area contributed by atoms with E-state index in [1.54, 1.807) is 0 Å². The third kappa shape index (κ3) is 3.22. The lowest BCUT2D eigenvalue weighted by molar-refractivity contribution is 0.0806. The summed E-state index contributed by atoms with van der Waals surface area (Å²) < 4.78 is 5.42. The molecule has 2 N–H and O–H groups in total. The number of aryl methyl sites for hydroxylation is 2. The van der Waals surface area contributed by atoms with Crippen LogP contribution in [0.2, 0.25) is 0 Å². The molecule has 1 aliphatic rings. The lowest BCUT2D eigenvalue weighted by Crippen LogP contribution is -2.45. The molecule has 2 rings (SSSR count). The highest BCUT2D eigenvalue weighted by Crippen LogP contribution is 2.13. The van der Waals surface area contributed by atoms with Gasteiger partial charge < -0.3 is 15.4 Å². The first-order valence-electron chi connectivity index (χ1n) is 5.87. The van der Waals surface area contributed by atoms with E-state index in [1.807, 2.05) is 0 Å². The van der Waals surface area contributed by atoms with Crippen LogP contribution in [0.1, 0.15) is 11.1 Å². The van der Waals surface area contributed by atoms with Crippen LogP contribution in [0.5, 0.6) is 0 Å². The Morgan fingerprint density at radius 1 is 1.31 bits per heavy atom. The molecule has 0 radical (unpaired) electrons. The van der Waals surface area contributed by atoms with E-state index in [0.29, 0.717) is 6.04 Å². The summed E-state index contributed by atoms with van der Waals surface area (Å²) in [5.41, 5.74) is 3.80. The number of hydrogen-bond acceptors (Lipinski definition) is 3. The van der Waals surface area contributed by atoms with Crippen LogP contribution in [-0.4, -0.2) is 32.3 Å². The quantitative estimate of drug-likeness (QED) is 0.813. The molecule has 0 saturated carbocycles. The van der Waals surface area contributed by atoms with Gasteiger partial charge >= 0.3 is 0 Å². The summed E-state index contributed by atoms with van der Waals surface area (Å²) in [4.78, 5) is 0. The number of ether oxygens (including phenoxy) is 1. The highest BCUT2D eigenvalue weighted by molar-refractivity contribution is 5.48. The van der Waals surface area contributed by atoms with E-state index in [0.717, 1.165) is 26.3 Å². The van der Waals surface area contributed by atoms with Gasteiger partial charge in [-0.1, -0.05) is 6.07 Å². The molecule has 3 nitrogen and oxygen atoms in total. The van der Waals surface area contributed by atoms with Gasteiger partial charge in [-0.2, -0.15) is 0 Å². The first-order valence-corrected chi connectivity index (χ1v) is 5.87. The van der Waals surface area contributed by atoms with Gasteiger partial charge in [-0.15, -0.1) is 0 Å². The van der Waals surface area contributed by atoms with Gasteiger partial charge in [0, 0.05) is 24.8 Å². The lowest BCUT2D eigenvalue weighted by atomic mass is 10.1. The molecule has 88 valence electrons. The average Bonchev–Trinajstić information content (AvgIpc) is 2.27. The molecule has 0 spiro atoms. The van der Waals surface area contributed by atoms with Crippen LogP contribution in [0.3, 0.4) is 0 Å². The van der Waals surface area contributed by atoms with E-state index in [1.165, 1.54) is 16.8 Å². The zero-order chi connectivity index (χ0) is 11.4. The molecular weight excluding hydrogens is 200 g/mol. The predicted octanol–water partition coefficient (Wildman–Crippen LogP) is 1.70. The van der Waals surface area contributed by atoms with Crippen LogP contribution in [0.25, 0.3) is 0 Å². The zero-order valence-electron chi connectivity index (χ0n) is 10.0. The molecule has 0 aromatic heterocycles. The van der Waals surface area contributed by atoms with Crippen molar-refractivity contribution in [3.05, 3.63) is 29.3 Å². The minimum Gasteiger partial charge on any atom is -0.383 e. The Bertz CT molecular complexity index is 326. The first-order chi connectivity index (χ1) is 7.74. The standard InChI is InChI=1S/C13H20N2O/c1-10-5-11(2)7-12(6-10)15-8-13-9-16-4-3-14-13/h5-7,13-15H,3-4,8-9H2,1-2H3. The molecule has 1 aromatic carbocycles. The predicted molar refractivity (Wildman–Crippen MR) is 67.0 cm³/mol. The minimum atomic E-state index is 0.426. The third-order valence-electron chi connectivity index (χ3n) is 2.77. The molecule has 0 bridgehead atoms. The minimum absolute atomic E-state index is 0.426. The van der Waals surface area contributed by atoms with Crippen molar-refractivity contribution in [1.82, 2.24) is 5.32 Å². The van der Waals surface area contributed by atoms with Crippen LogP contribution in [0.15, 0.2) is 18.2 Å². The van der Waals surface area contributed by atoms with E-state index >= 15 is 0 Å². The van der Waals surface area contributed by atoms with Crippen molar-refractivity contribution in [2.24, 2.45) is 0 Å². The topological polar surface area (TPSA) is 33.3 Å². The summed E-state index contributed by atoms with van der Waals surface area (Å²) in [5.74, 6) is 0. The maximum Gasteiger partial charge on any atom is 0.0637 e. The number of hydrogen-bond donors (Lipinski definition) is 2. The summed E-state index contributed by atoms with van der Waals surface area (Å²) in [6, 6.07) is 6.97. The van der Waals surface area contributed by atoms with Crippen molar-refractivity contribution in [3.63, 3.8) is 0 Å². The van der Waals surface area contributed by atoms with E-state index in [-0.39, 0.29) is 0 Å². The van der Waals surface area contributed by atoms with Gasteiger partial charge in [0.05, 0.1) is 13.2 Å². The van der Waals surface area contributed by atoms with Crippen molar-refractivity contribution in [2.45, 2.75) is 19.9 Å². The molecule has 0 amide bonds. The van der Waals surface area contributed by atoms with Crippen molar-refractivity contribution < 1.29 is 4.74 Å². The van der Waals surface area contributed by atoms with E-state index < -0.39 is 0 Å². The van der Waals surface area contributed by atoms with Gasteiger partial charge in [0.2, 0.25) is 0 Å². The zero-order valence-corrected chi connectivity index (χ0v) is 10.0. The Hall–Kier alpha value is -1.06. The Morgan fingerprint density at radius 3 is 2.69 bits per heavy atom. The molecule has 1 aromatic rings. The Labute approximate surface area is 97.2 Å². The second-order valence-corrected chi connectivity index (χ2v) is 4.48. The number of nitrogens with one attached hydrogen (secondary N) is 2. The van der Waals surface area contributed by atoms with Crippen LogP contribution >= 0.6 is 0 Å². The molecule has 1 unspecified atom stereocenters. The van der Waals surface area contributed by atoms with Gasteiger partial charge in [0.15, 0.2) is 0 Å². The van der Waals surface area contributed by atoms with Gasteiger partial charge in [-0.3, -0.25) is 0 Å². The van der Waals surface area contributed by atoms with Crippen LogP contribution in [-0.2, 0) is 4.74 Å². The average molecular weight is 220 g/mol. The van der Waals surface area contributed by atoms with Crippen molar-refractivity contribution in [3.8, 4) is 0 Å². The molecule has 1 fully saturated rings. The number of anilines is 1. The molecule has 16 heavy (non-hydrogen) atoms. The van der Waals surface area contributed by atoms with E-state index in [4.69, 9.17) is 4.74 Å². The fourth-order valence-corrected chi connectivity index (χ4v) is 2.07. The van der Waals surface area contributed by atoms with Crippen molar-refractivity contribution in [1.29, 1.82) is 0 Å². The summed E-state index contributed by atoms with van der Waals surface area (Å²) in [5, 5.41) is 6.88. The highest BCUT2D eigenvalue weighted by atomic mass is 16.5. The molecule has 3 heteroatoms. The van der Waals surface area contributed by atoms with Crippen LogP contribution in [0, 0.1) is 13.8 Å². The Morgan fingerprint density at radius 2 is 2.06 bits per heavy atom. The van der Waals surface area contributed by atoms with Gasteiger partial charge in [-0.25, -0.2) is 0 Å². The monoisotopic (exact) mass is 220 g/mol. The number of rotatable bonds is 3. The molecule has 1 heterocycles. The van der Waals surface area contributed by atoms with Crippen molar-refractivity contribution in [2.75, 3.05) is 31.6 Å². The number of morpholine rings is 1. The molecule has 1 atom stereocenters. The molecular formula is C13H20N2O. The van der Waals surface area contributed by atoms with Gasteiger partial charge in [0.1, 0.15) is 0 Å². The summed E-state index contributed by atoms with van der Waals surface area (Å²) in [7, 11) is 0. The number of benzene rings is 1. The third-order valence-corrected chi connectivity index (χ3v) is 2.77. The highest BCUT2D eigenvalue weighted by Gasteiger charge is 2.12. The molecule has 0 aliphatic carbocycles. The van der Waals surface area contributed by atoms with Gasteiger partial charge in [-0.05, 0) is 37.1 Å². The van der Waals surface area contributed by atoms with Gasteiger partial charge in [0.25, 0.3) is 0 Å². The SMILES string of the molecule is Cc1cc(C)cc(NCC2COCCN2)c1. The van der Waals surface area contributed by atoms with Crippen molar-refractivity contribution >= 4 is 5.69 Å². The van der Waals surface area contributed by atoms with E-state index in [9.17, 15) is 0 Å².